The van der Waals surface area contributed by atoms with E-state index >= 15 is 0 Å². The number of hydrogen-bond acceptors (Lipinski definition) is 3. The zero-order valence-electron chi connectivity index (χ0n) is 9.14. The summed E-state index contributed by atoms with van der Waals surface area (Å²) in [4.78, 5) is 12.5. The molecule has 0 aliphatic rings. The second-order valence-corrected chi connectivity index (χ2v) is 3.78. The molecule has 0 fully saturated rings. The minimum Gasteiger partial charge on any atom is -0.481 e. The number of carboxylic acids is 1. The van der Waals surface area contributed by atoms with Gasteiger partial charge in [0.2, 0.25) is 0 Å². The Kier molecular flexibility index (Phi) is 4.37. The highest BCUT2D eigenvalue weighted by Gasteiger charge is 2.12. The molecule has 1 aromatic heterocycles. The van der Waals surface area contributed by atoms with Crippen molar-refractivity contribution in [3.8, 4) is 0 Å². The van der Waals surface area contributed by atoms with Crippen molar-refractivity contribution in [2.24, 2.45) is 0 Å². The number of carbonyl (C=O) groups is 1. The monoisotopic (exact) mass is 211 g/mol. The number of aliphatic carboxylic acids is 1. The van der Waals surface area contributed by atoms with Crippen LogP contribution < -0.4 is 0 Å². The fraction of sp³-hybridized carbons (Fsp3) is 0.545. The molecule has 0 saturated carbocycles. The Labute approximate surface area is 89.5 Å². The van der Waals surface area contributed by atoms with Gasteiger partial charge in [-0.15, -0.1) is 0 Å². The van der Waals surface area contributed by atoms with E-state index in [2.05, 4.69) is 4.90 Å². The molecule has 1 rings (SSSR count). The highest BCUT2D eigenvalue weighted by Crippen LogP contribution is 2.10. The van der Waals surface area contributed by atoms with Crippen LogP contribution in [-0.4, -0.2) is 29.1 Å². The van der Waals surface area contributed by atoms with E-state index in [0.29, 0.717) is 13.0 Å². The maximum absolute atomic E-state index is 10.4. The van der Waals surface area contributed by atoms with Crippen molar-refractivity contribution < 1.29 is 14.3 Å². The first kappa shape index (κ1) is 11.8. The van der Waals surface area contributed by atoms with Crippen molar-refractivity contribution in [1.82, 2.24) is 4.90 Å². The van der Waals surface area contributed by atoms with Crippen LogP contribution in [0.15, 0.2) is 22.8 Å². The van der Waals surface area contributed by atoms with Crippen molar-refractivity contribution in [3.63, 3.8) is 0 Å². The lowest BCUT2D eigenvalue weighted by Crippen LogP contribution is -2.28. The number of hydrogen-bond donors (Lipinski definition) is 1. The standard InChI is InChI=1S/C11H17NO3/c1-9(5-6-11(13)14)12(2)8-10-4-3-7-15-10/h3-4,7,9H,5-6,8H2,1-2H3,(H,13,14). The second-order valence-electron chi connectivity index (χ2n) is 3.78. The third-order valence-corrected chi connectivity index (χ3v) is 2.51. The van der Waals surface area contributed by atoms with Crippen LogP contribution in [0.2, 0.25) is 0 Å². The summed E-state index contributed by atoms with van der Waals surface area (Å²) in [5, 5.41) is 8.56. The summed E-state index contributed by atoms with van der Waals surface area (Å²) >= 11 is 0. The summed E-state index contributed by atoms with van der Waals surface area (Å²) < 4.78 is 5.22. The first-order valence-corrected chi connectivity index (χ1v) is 5.04. The Morgan fingerprint density at radius 1 is 1.67 bits per heavy atom. The maximum Gasteiger partial charge on any atom is 0.303 e. The molecule has 1 heterocycles. The Balaban J connectivity index is 2.33. The fourth-order valence-electron chi connectivity index (χ4n) is 1.36. The van der Waals surface area contributed by atoms with Gasteiger partial charge in [0.25, 0.3) is 0 Å². The van der Waals surface area contributed by atoms with Crippen LogP contribution in [0.25, 0.3) is 0 Å². The van der Waals surface area contributed by atoms with Gasteiger partial charge < -0.3 is 9.52 Å². The molecule has 84 valence electrons. The Bertz CT molecular complexity index is 295. The third-order valence-electron chi connectivity index (χ3n) is 2.51. The van der Waals surface area contributed by atoms with Crippen LogP contribution in [-0.2, 0) is 11.3 Å². The number of rotatable bonds is 6. The lowest BCUT2D eigenvalue weighted by atomic mass is 10.1. The van der Waals surface area contributed by atoms with Crippen molar-refractivity contribution in [2.45, 2.75) is 32.4 Å². The van der Waals surface area contributed by atoms with Crippen LogP contribution >= 0.6 is 0 Å². The highest BCUT2D eigenvalue weighted by molar-refractivity contribution is 5.66. The minimum atomic E-state index is -0.742. The van der Waals surface area contributed by atoms with Crippen LogP contribution in [0.4, 0.5) is 0 Å². The van der Waals surface area contributed by atoms with Gasteiger partial charge in [-0.2, -0.15) is 0 Å². The minimum absolute atomic E-state index is 0.212. The Morgan fingerprint density at radius 3 is 2.93 bits per heavy atom. The van der Waals surface area contributed by atoms with Gasteiger partial charge in [-0.05, 0) is 32.5 Å². The number of nitrogens with zero attached hydrogens (tertiary/aromatic N) is 1. The van der Waals surface area contributed by atoms with Crippen LogP contribution in [0.1, 0.15) is 25.5 Å². The molecule has 0 amide bonds. The molecule has 0 aliphatic carbocycles. The molecular formula is C11H17NO3. The summed E-state index contributed by atoms with van der Waals surface area (Å²) in [7, 11) is 1.97. The molecule has 0 spiro atoms. The summed E-state index contributed by atoms with van der Waals surface area (Å²) in [6.45, 7) is 2.74. The zero-order valence-corrected chi connectivity index (χ0v) is 9.14. The van der Waals surface area contributed by atoms with E-state index in [4.69, 9.17) is 9.52 Å². The predicted octanol–water partition coefficient (Wildman–Crippen LogP) is 1.96. The lowest BCUT2D eigenvalue weighted by molar-refractivity contribution is -0.137. The van der Waals surface area contributed by atoms with Crippen molar-refractivity contribution in [1.29, 1.82) is 0 Å². The second kappa shape index (κ2) is 5.56. The lowest BCUT2D eigenvalue weighted by Gasteiger charge is -2.22. The molecule has 1 N–H and O–H groups in total. The molecule has 0 aromatic carbocycles. The van der Waals surface area contributed by atoms with Gasteiger partial charge in [-0.1, -0.05) is 0 Å². The van der Waals surface area contributed by atoms with E-state index in [0.717, 1.165) is 5.76 Å². The summed E-state index contributed by atoms with van der Waals surface area (Å²) in [5.41, 5.74) is 0. The number of carboxylic acid groups (broad SMARTS) is 1. The van der Waals surface area contributed by atoms with E-state index in [-0.39, 0.29) is 12.5 Å². The highest BCUT2D eigenvalue weighted by atomic mass is 16.4. The molecule has 0 aliphatic heterocycles. The van der Waals surface area contributed by atoms with Gasteiger partial charge in [0, 0.05) is 12.5 Å². The van der Waals surface area contributed by atoms with Crippen LogP contribution in [0.3, 0.4) is 0 Å². The average Bonchev–Trinajstić information content (AvgIpc) is 2.66. The predicted molar refractivity (Wildman–Crippen MR) is 56.5 cm³/mol. The van der Waals surface area contributed by atoms with Crippen molar-refractivity contribution in [3.05, 3.63) is 24.2 Å². The Morgan fingerprint density at radius 2 is 2.40 bits per heavy atom. The molecule has 1 atom stereocenters. The van der Waals surface area contributed by atoms with Crippen molar-refractivity contribution in [2.75, 3.05) is 7.05 Å². The zero-order chi connectivity index (χ0) is 11.3. The molecule has 1 unspecified atom stereocenters. The van der Waals surface area contributed by atoms with Gasteiger partial charge >= 0.3 is 5.97 Å². The van der Waals surface area contributed by atoms with Gasteiger partial charge in [-0.3, -0.25) is 9.69 Å². The van der Waals surface area contributed by atoms with Gasteiger partial charge in [0.1, 0.15) is 5.76 Å². The molecule has 4 heteroatoms. The van der Waals surface area contributed by atoms with Crippen LogP contribution in [0.5, 0.6) is 0 Å². The van der Waals surface area contributed by atoms with Crippen molar-refractivity contribution >= 4 is 5.97 Å². The Hall–Kier alpha value is -1.29. The van der Waals surface area contributed by atoms with Gasteiger partial charge in [0.15, 0.2) is 0 Å². The molecule has 0 bridgehead atoms. The molecule has 0 saturated heterocycles. The van der Waals surface area contributed by atoms with E-state index in [9.17, 15) is 4.79 Å². The number of furan rings is 1. The first-order chi connectivity index (χ1) is 7.09. The quantitative estimate of drug-likeness (QED) is 0.781. The molecule has 1 aromatic rings. The largest absolute Gasteiger partial charge is 0.481 e. The summed E-state index contributed by atoms with van der Waals surface area (Å²) in [6, 6.07) is 4.01. The fourth-order valence-corrected chi connectivity index (χ4v) is 1.36. The molecule has 4 nitrogen and oxygen atoms in total. The summed E-state index contributed by atoms with van der Waals surface area (Å²) in [6.07, 6.45) is 2.52. The van der Waals surface area contributed by atoms with E-state index in [1.54, 1.807) is 6.26 Å². The van der Waals surface area contributed by atoms with E-state index < -0.39 is 5.97 Å². The van der Waals surface area contributed by atoms with Gasteiger partial charge in [0.05, 0.1) is 12.8 Å². The molecule has 15 heavy (non-hydrogen) atoms. The van der Waals surface area contributed by atoms with Crippen LogP contribution in [0, 0.1) is 0 Å². The maximum atomic E-state index is 10.4. The van der Waals surface area contributed by atoms with E-state index in [1.807, 2.05) is 26.1 Å². The average molecular weight is 211 g/mol. The summed E-state index contributed by atoms with van der Waals surface area (Å²) in [5.74, 6) is 0.160. The SMILES string of the molecule is CC(CCC(=O)O)N(C)Cc1ccco1. The molecule has 0 radical (unpaired) electrons. The third kappa shape index (κ3) is 4.16. The van der Waals surface area contributed by atoms with E-state index in [1.165, 1.54) is 0 Å². The normalized spacial score (nSPS) is 13.0. The van der Waals surface area contributed by atoms with Gasteiger partial charge in [-0.25, -0.2) is 0 Å². The first-order valence-electron chi connectivity index (χ1n) is 5.04. The molecular weight excluding hydrogens is 194 g/mol. The topological polar surface area (TPSA) is 53.7 Å². The smallest absolute Gasteiger partial charge is 0.303 e.